The van der Waals surface area contributed by atoms with Crippen molar-refractivity contribution in [1.82, 2.24) is 4.98 Å². The molecule has 1 saturated heterocycles. The molecule has 4 rings (SSSR count). The summed E-state index contributed by atoms with van der Waals surface area (Å²) in [6, 6.07) is 14.2. The Kier molecular flexibility index (Phi) is 5.62. The second-order valence-electron chi connectivity index (χ2n) is 7.39. The summed E-state index contributed by atoms with van der Waals surface area (Å²) in [4.78, 5) is 27.5. The van der Waals surface area contributed by atoms with E-state index >= 15 is 0 Å². The average Bonchev–Trinajstić information content (AvgIpc) is 2.74. The van der Waals surface area contributed by atoms with Crippen molar-refractivity contribution in [2.24, 2.45) is 5.92 Å². The minimum absolute atomic E-state index is 0.307. The molecule has 6 heteroatoms. The molecule has 0 spiro atoms. The van der Waals surface area contributed by atoms with Gasteiger partial charge < -0.3 is 19.8 Å². The maximum absolute atomic E-state index is 12.9. The monoisotopic (exact) mass is 392 g/mol. The first-order valence-electron chi connectivity index (χ1n) is 9.85. The summed E-state index contributed by atoms with van der Waals surface area (Å²) in [5, 5.41) is 3.59. The van der Waals surface area contributed by atoms with Crippen LogP contribution in [0.15, 0.2) is 53.3 Å². The van der Waals surface area contributed by atoms with Crippen LogP contribution in [-0.2, 0) is 4.74 Å². The lowest BCUT2D eigenvalue weighted by atomic mass is 10.0. The van der Waals surface area contributed by atoms with E-state index in [-0.39, 0.29) is 11.5 Å². The third kappa shape index (κ3) is 4.49. The standard InChI is InChI=1S/C23H24N2O4/c1-15-6-7-17(12-21(15)29-14-16-8-10-28-11-9-16)24-23(27)19-13-22(26)25-20-5-3-2-4-18(19)20/h2-7,12-13,16H,8-11,14H2,1H3,(H,24,27)(H,25,26). The number of fused-ring (bicyclic) bond motifs is 1. The summed E-state index contributed by atoms with van der Waals surface area (Å²) in [5.74, 6) is 0.917. The molecule has 2 heterocycles. The van der Waals surface area contributed by atoms with Crippen molar-refractivity contribution >= 4 is 22.5 Å². The zero-order valence-electron chi connectivity index (χ0n) is 16.4. The van der Waals surface area contributed by atoms with E-state index in [1.807, 2.05) is 43.3 Å². The molecule has 1 aliphatic heterocycles. The van der Waals surface area contributed by atoms with Gasteiger partial charge in [0.05, 0.1) is 12.2 Å². The number of ether oxygens (including phenoxy) is 2. The molecule has 0 unspecified atom stereocenters. The number of hydrogen-bond acceptors (Lipinski definition) is 4. The van der Waals surface area contributed by atoms with Gasteiger partial charge in [-0.1, -0.05) is 24.3 Å². The lowest BCUT2D eigenvalue weighted by Gasteiger charge is -2.22. The maximum atomic E-state index is 12.9. The normalized spacial score (nSPS) is 14.7. The molecule has 0 saturated carbocycles. The quantitative estimate of drug-likeness (QED) is 0.690. The van der Waals surface area contributed by atoms with E-state index in [0.29, 0.717) is 34.7 Å². The molecule has 1 aliphatic rings. The van der Waals surface area contributed by atoms with E-state index in [1.165, 1.54) is 6.07 Å². The Balaban J connectivity index is 1.52. The van der Waals surface area contributed by atoms with Gasteiger partial charge in [-0.05, 0) is 43.4 Å². The number of carbonyl (C=O) groups excluding carboxylic acids is 1. The van der Waals surface area contributed by atoms with E-state index in [9.17, 15) is 9.59 Å². The number of para-hydroxylation sites is 1. The third-order valence-corrected chi connectivity index (χ3v) is 5.26. The van der Waals surface area contributed by atoms with Crippen LogP contribution in [0.4, 0.5) is 5.69 Å². The summed E-state index contributed by atoms with van der Waals surface area (Å²) in [6.45, 7) is 4.19. The molecule has 0 aliphatic carbocycles. The van der Waals surface area contributed by atoms with Crippen LogP contribution in [0.3, 0.4) is 0 Å². The summed E-state index contributed by atoms with van der Waals surface area (Å²) in [5.41, 5.74) is 2.31. The van der Waals surface area contributed by atoms with E-state index in [0.717, 1.165) is 37.4 Å². The van der Waals surface area contributed by atoms with Crippen LogP contribution in [0.1, 0.15) is 28.8 Å². The number of nitrogens with one attached hydrogen (secondary N) is 2. The predicted octanol–water partition coefficient (Wildman–Crippen LogP) is 3.89. The number of amides is 1. The van der Waals surface area contributed by atoms with Crippen LogP contribution in [0.5, 0.6) is 5.75 Å². The van der Waals surface area contributed by atoms with Crippen molar-refractivity contribution in [3.05, 3.63) is 70.0 Å². The van der Waals surface area contributed by atoms with Crippen molar-refractivity contribution < 1.29 is 14.3 Å². The lowest BCUT2D eigenvalue weighted by molar-refractivity contribution is 0.0496. The van der Waals surface area contributed by atoms with Crippen LogP contribution in [0.25, 0.3) is 10.9 Å². The summed E-state index contributed by atoms with van der Waals surface area (Å²) in [6.07, 6.45) is 2.01. The van der Waals surface area contributed by atoms with Crippen LogP contribution in [0.2, 0.25) is 0 Å². The van der Waals surface area contributed by atoms with Gasteiger partial charge in [-0.25, -0.2) is 0 Å². The Morgan fingerprint density at radius 2 is 1.97 bits per heavy atom. The zero-order chi connectivity index (χ0) is 20.2. The molecule has 0 atom stereocenters. The van der Waals surface area contributed by atoms with Crippen LogP contribution >= 0.6 is 0 Å². The largest absolute Gasteiger partial charge is 0.493 e. The van der Waals surface area contributed by atoms with Crippen molar-refractivity contribution in [2.75, 3.05) is 25.1 Å². The second-order valence-corrected chi connectivity index (χ2v) is 7.39. The number of rotatable bonds is 5. The molecule has 29 heavy (non-hydrogen) atoms. The van der Waals surface area contributed by atoms with Crippen LogP contribution in [0, 0.1) is 12.8 Å². The predicted molar refractivity (Wildman–Crippen MR) is 113 cm³/mol. The third-order valence-electron chi connectivity index (χ3n) is 5.26. The van der Waals surface area contributed by atoms with Gasteiger partial charge in [0.2, 0.25) is 5.56 Å². The van der Waals surface area contributed by atoms with Gasteiger partial charge in [-0.2, -0.15) is 0 Å². The van der Waals surface area contributed by atoms with Gasteiger partial charge in [-0.3, -0.25) is 9.59 Å². The number of pyridine rings is 1. The van der Waals surface area contributed by atoms with E-state index in [1.54, 1.807) is 6.07 Å². The Morgan fingerprint density at radius 1 is 1.17 bits per heavy atom. The number of hydrogen-bond donors (Lipinski definition) is 2. The Labute approximate surface area is 168 Å². The van der Waals surface area contributed by atoms with Crippen LogP contribution < -0.4 is 15.6 Å². The highest BCUT2D eigenvalue weighted by molar-refractivity contribution is 6.12. The molecule has 0 radical (unpaired) electrons. The van der Waals surface area contributed by atoms with Gasteiger partial charge >= 0.3 is 0 Å². The molecule has 1 amide bonds. The number of aromatic nitrogens is 1. The number of anilines is 1. The number of carbonyl (C=O) groups is 1. The SMILES string of the molecule is Cc1ccc(NC(=O)c2cc(=O)[nH]c3ccccc23)cc1OCC1CCOCC1. The number of H-pyrrole nitrogens is 1. The van der Waals surface area contributed by atoms with Gasteiger partial charge in [0.25, 0.3) is 5.91 Å². The first-order valence-corrected chi connectivity index (χ1v) is 9.85. The molecule has 1 fully saturated rings. The Morgan fingerprint density at radius 3 is 2.79 bits per heavy atom. The lowest BCUT2D eigenvalue weighted by Crippen LogP contribution is -2.21. The first-order chi connectivity index (χ1) is 14.1. The highest BCUT2D eigenvalue weighted by Crippen LogP contribution is 2.25. The molecule has 2 N–H and O–H groups in total. The second kappa shape index (κ2) is 8.49. The van der Waals surface area contributed by atoms with Crippen molar-refractivity contribution in [2.45, 2.75) is 19.8 Å². The van der Waals surface area contributed by atoms with Crippen LogP contribution in [-0.4, -0.2) is 30.7 Å². The Bertz CT molecular complexity index is 1080. The molecule has 0 bridgehead atoms. The highest BCUT2D eigenvalue weighted by Gasteiger charge is 2.16. The van der Waals surface area contributed by atoms with Gasteiger partial charge in [0.1, 0.15) is 5.75 Å². The molecule has 1 aromatic heterocycles. The fraction of sp³-hybridized carbons (Fsp3) is 0.304. The Hall–Kier alpha value is -3.12. The molecule has 2 aromatic carbocycles. The van der Waals surface area contributed by atoms with Crippen molar-refractivity contribution in [3.8, 4) is 5.75 Å². The van der Waals surface area contributed by atoms with Crippen molar-refractivity contribution in [3.63, 3.8) is 0 Å². The maximum Gasteiger partial charge on any atom is 0.256 e. The smallest absolute Gasteiger partial charge is 0.256 e. The molecule has 3 aromatic rings. The van der Waals surface area contributed by atoms with Crippen molar-refractivity contribution in [1.29, 1.82) is 0 Å². The molecule has 6 nitrogen and oxygen atoms in total. The molecule has 150 valence electrons. The summed E-state index contributed by atoms with van der Waals surface area (Å²) >= 11 is 0. The molecular weight excluding hydrogens is 368 g/mol. The topological polar surface area (TPSA) is 80.4 Å². The average molecular weight is 392 g/mol. The fourth-order valence-electron chi connectivity index (χ4n) is 3.54. The zero-order valence-corrected chi connectivity index (χ0v) is 16.4. The number of aryl methyl sites for hydroxylation is 1. The summed E-state index contributed by atoms with van der Waals surface area (Å²) < 4.78 is 11.4. The number of benzene rings is 2. The van der Waals surface area contributed by atoms with E-state index in [4.69, 9.17) is 9.47 Å². The highest BCUT2D eigenvalue weighted by atomic mass is 16.5. The number of aromatic amines is 1. The van der Waals surface area contributed by atoms with E-state index < -0.39 is 0 Å². The summed E-state index contributed by atoms with van der Waals surface area (Å²) in [7, 11) is 0. The first kappa shape index (κ1) is 19.2. The minimum atomic E-state index is -0.327. The van der Waals surface area contributed by atoms with Gasteiger partial charge in [-0.15, -0.1) is 0 Å². The minimum Gasteiger partial charge on any atom is -0.493 e. The molecular formula is C23H24N2O4. The van der Waals surface area contributed by atoms with Gasteiger partial charge in [0, 0.05) is 41.9 Å². The van der Waals surface area contributed by atoms with E-state index in [2.05, 4.69) is 10.3 Å². The fourth-order valence-corrected chi connectivity index (χ4v) is 3.54. The van der Waals surface area contributed by atoms with Gasteiger partial charge in [0.15, 0.2) is 0 Å².